The maximum Gasteiger partial charge on any atom is 0.131 e. The molecule has 4 nitrogen and oxygen atoms in total. The van der Waals surface area contributed by atoms with Gasteiger partial charge in [0.1, 0.15) is 27.6 Å². The number of nitriles is 2. The molecule has 2 rings (SSSR count). The van der Waals surface area contributed by atoms with Gasteiger partial charge in [0.25, 0.3) is 0 Å². The largest absolute Gasteiger partial charge is 0.396 e. The van der Waals surface area contributed by atoms with Crippen LogP contribution in [0.1, 0.15) is 15.3 Å². The fraction of sp³-hybridized carbons (Fsp3) is 0.167. The Hall–Kier alpha value is -2.02. The molecule has 2 heterocycles. The SMILES string of the molecule is N#Cc1sc(NCCc2cccs2)c(C#N)c1N. The van der Waals surface area contributed by atoms with E-state index in [0.29, 0.717) is 15.4 Å². The van der Waals surface area contributed by atoms with Crippen molar-refractivity contribution < 1.29 is 0 Å². The molecule has 0 radical (unpaired) electrons. The van der Waals surface area contributed by atoms with Crippen molar-refractivity contribution in [2.24, 2.45) is 0 Å². The van der Waals surface area contributed by atoms with Crippen molar-refractivity contribution in [3.8, 4) is 12.1 Å². The maximum absolute atomic E-state index is 9.02. The lowest BCUT2D eigenvalue weighted by atomic mass is 10.2. The van der Waals surface area contributed by atoms with Crippen LogP contribution in [0.25, 0.3) is 0 Å². The van der Waals surface area contributed by atoms with E-state index < -0.39 is 0 Å². The molecule has 0 amide bonds. The summed E-state index contributed by atoms with van der Waals surface area (Å²) in [6, 6.07) is 8.12. The normalized spacial score (nSPS) is 9.67. The van der Waals surface area contributed by atoms with Gasteiger partial charge < -0.3 is 11.1 Å². The van der Waals surface area contributed by atoms with Crippen LogP contribution in [0.5, 0.6) is 0 Å². The standard InChI is InChI=1S/C12H10N4S2/c13-6-9-11(15)10(7-14)18-12(9)16-4-3-8-2-1-5-17-8/h1-2,5,16H,3-4,15H2. The van der Waals surface area contributed by atoms with Crippen LogP contribution in [-0.4, -0.2) is 6.54 Å². The van der Waals surface area contributed by atoms with Gasteiger partial charge in [0.15, 0.2) is 0 Å². The molecule has 0 aliphatic rings. The molecular formula is C12H10N4S2. The topological polar surface area (TPSA) is 85.6 Å². The van der Waals surface area contributed by atoms with E-state index in [-0.39, 0.29) is 5.69 Å². The van der Waals surface area contributed by atoms with E-state index in [9.17, 15) is 0 Å². The average Bonchev–Trinajstić information content (AvgIpc) is 2.97. The van der Waals surface area contributed by atoms with Crippen LogP contribution in [0.15, 0.2) is 17.5 Å². The highest BCUT2D eigenvalue weighted by Gasteiger charge is 2.15. The molecular weight excluding hydrogens is 264 g/mol. The third kappa shape index (κ3) is 2.45. The molecule has 0 fully saturated rings. The molecule has 0 aromatic carbocycles. The van der Waals surface area contributed by atoms with Gasteiger partial charge in [-0.15, -0.1) is 22.7 Å². The highest BCUT2D eigenvalue weighted by Crippen LogP contribution is 2.34. The molecule has 0 saturated carbocycles. The minimum atomic E-state index is 0.281. The number of rotatable bonds is 4. The fourth-order valence-corrected chi connectivity index (χ4v) is 3.12. The predicted octanol–water partition coefficient (Wildman–Crippen LogP) is 2.79. The summed E-state index contributed by atoms with van der Waals surface area (Å²) in [4.78, 5) is 1.68. The van der Waals surface area contributed by atoms with Gasteiger partial charge in [-0.3, -0.25) is 0 Å². The van der Waals surface area contributed by atoms with Gasteiger partial charge in [-0.25, -0.2) is 0 Å². The average molecular weight is 274 g/mol. The first kappa shape index (κ1) is 12.4. The zero-order valence-corrected chi connectivity index (χ0v) is 11.1. The van der Waals surface area contributed by atoms with E-state index >= 15 is 0 Å². The number of nitrogen functional groups attached to an aromatic ring is 1. The minimum Gasteiger partial charge on any atom is -0.396 e. The molecule has 2 aromatic heterocycles. The quantitative estimate of drug-likeness (QED) is 0.897. The Morgan fingerprint density at radius 1 is 1.33 bits per heavy atom. The summed E-state index contributed by atoms with van der Waals surface area (Å²) in [6.07, 6.45) is 0.891. The van der Waals surface area contributed by atoms with Crippen LogP contribution in [-0.2, 0) is 6.42 Å². The predicted molar refractivity (Wildman–Crippen MR) is 74.7 cm³/mol. The van der Waals surface area contributed by atoms with Gasteiger partial charge in [-0.2, -0.15) is 10.5 Å². The van der Waals surface area contributed by atoms with Gasteiger partial charge in [0.05, 0.1) is 5.69 Å². The Labute approximate surface area is 113 Å². The van der Waals surface area contributed by atoms with Crippen LogP contribution in [0, 0.1) is 22.7 Å². The smallest absolute Gasteiger partial charge is 0.131 e. The van der Waals surface area contributed by atoms with Gasteiger partial charge in [0, 0.05) is 11.4 Å². The first-order valence-corrected chi connectivity index (χ1v) is 6.94. The molecule has 90 valence electrons. The summed E-state index contributed by atoms with van der Waals surface area (Å²) in [6.45, 7) is 0.722. The number of hydrogen-bond donors (Lipinski definition) is 2. The van der Waals surface area contributed by atoms with Crippen LogP contribution in [0.3, 0.4) is 0 Å². The Balaban J connectivity index is 2.06. The molecule has 0 bridgehead atoms. The van der Waals surface area contributed by atoms with Gasteiger partial charge >= 0.3 is 0 Å². The van der Waals surface area contributed by atoms with E-state index in [1.54, 1.807) is 11.3 Å². The lowest BCUT2D eigenvalue weighted by molar-refractivity contribution is 1.05. The lowest BCUT2D eigenvalue weighted by Crippen LogP contribution is -2.03. The number of nitrogens with two attached hydrogens (primary N) is 1. The summed E-state index contributed by atoms with van der Waals surface area (Å²) in [5, 5.41) is 23.8. The zero-order chi connectivity index (χ0) is 13.0. The van der Waals surface area contributed by atoms with Crippen molar-refractivity contribution in [3.05, 3.63) is 32.8 Å². The number of nitrogens with one attached hydrogen (secondary N) is 1. The molecule has 2 aromatic rings. The second kappa shape index (κ2) is 5.54. The molecule has 0 unspecified atom stereocenters. The van der Waals surface area contributed by atoms with E-state index in [4.69, 9.17) is 16.3 Å². The number of thiophene rings is 2. The van der Waals surface area contributed by atoms with Crippen molar-refractivity contribution in [2.45, 2.75) is 6.42 Å². The fourth-order valence-electron chi connectivity index (χ4n) is 1.52. The minimum absolute atomic E-state index is 0.281. The monoisotopic (exact) mass is 274 g/mol. The number of anilines is 2. The highest BCUT2D eigenvalue weighted by atomic mass is 32.1. The van der Waals surface area contributed by atoms with E-state index in [1.807, 2.05) is 23.6 Å². The van der Waals surface area contributed by atoms with Crippen LogP contribution >= 0.6 is 22.7 Å². The number of nitrogens with zero attached hydrogens (tertiary/aromatic N) is 2. The van der Waals surface area contributed by atoms with Gasteiger partial charge in [-0.1, -0.05) is 6.07 Å². The van der Waals surface area contributed by atoms with Crippen molar-refractivity contribution in [3.63, 3.8) is 0 Å². The molecule has 0 saturated heterocycles. The molecule has 3 N–H and O–H groups in total. The molecule has 18 heavy (non-hydrogen) atoms. The molecule has 6 heteroatoms. The maximum atomic E-state index is 9.02. The molecule has 0 aliphatic carbocycles. The van der Waals surface area contributed by atoms with Crippen molar-refractivity contribution in [2.75, 3.05) is 17.6 Å². The van der Waals surface area contributed by atoms with Crippen molar-refractivity contribution in [1.82, 2.24) is 0 Å². The Morgan fingerprint density at radius 2 is 2.17 bits per heavy atom. The number of hydrogen-bond acceptors (Lipinski definition) is 6. The van der Waals surface area contributed by atoms with E-state index in [1.165, 1.54) is 16.2 Å². The molecule has 0 spiro atoms. The summed E-state index contributed by atoms with van der Waals surface area (Å²) in [7, 11) is 0. The van der Waals surface area contributed by atoms with Crippen LogP contribution in [0.4, 0.5) is 10.7 Å². The summed E-state index contributed by atoms with van der Waals surface area (Å²) in [5.74, 6) is 0. The second-order valence-corrected chi connectivity index (χ2v) is 5.58. The Bertz CT molecular complexity index is 614. The van der Waals surface area contributed by atoms with E-state index in [2.05, 4.69) is 11.4 Å². The first-order valence-electron chi connectivity index (χ1n) is 5.25. The molecule has 0 aliphatic heterocycles. The van der Waals surface area contributed by atoms with Crippen molar-refractivity contribution >= 4 is 33.4 Å². The van der Waals surface area contributed by atoms with Crippen LogP contribution < -0.4 is 11.1 Å². The highest BCUT2D eigenvalue weighted by molar-refractivity contribution is 7.17. The summed E-state index contributed by atoms with van der Waals surface area (Å²) < 4.78 is 0. The van der Waals surface area contributed by atoms with E-state index in [0.717, 1.165) is 13.0 Å². The third-order valence-electron chi connectivity index (χ3n) is 2.40. The van der Waals surface area contributed by atoms with Gasteiger partial charge in [0.2, 0.25) is 0 Å². The Kier molecular flexibility index (Phi) is 3.83. The second-order valence-electron chi connectivity index (χ2n) is 3.53. The van der Waals surface area contributed by atoms with Gasteiger partial charge in [-0.05, 0) is 17.9 Å². The Morgan fingerprint density at radius 3 is 2.78 bits per heavy atom. The van der Waals surface area contributed by atoms with Crippen molar-refractivity contribution in [1.29, 1.82) is 10.5 Å². The first-order chi connectivity index (χ1) is 8.76. The molecule has 0 atom stereocenters. The third-order valence-corrected chi connectivity index (χ3v) is 4.40. The summed E-state index contributed by atoms with van der Waals surface area (Å²) in [5.41, 5.74) is 6.38. The van der Waals surface area contributed by atoms with Crippen LogP contribution in [0.2, 0.25) is 0 Å². The zero-order valence-electron chi connectivity index (χ0n) is 9.43. The summed E-state index contributed by atoms with van der Waals surface area (Å²) >= 11 is 2.93. The lowest BCUT2D eigenvalue weighted by Gasteiger charge is -2.02.